The molecule has 1 N–H and O–H groups in total. The lowest BCUT2D eigenvalue weighted by molar-refractivity contribution is 0.551. The molecule has 4 nitrogen and oxygen atoms in total. The lowest BCUT2D eigenvalue weighted by Gasteiger charge is -2.12. The fraction of sp³-hybridized carbons (Fsp3) is 0.538. The molecule has 2 rings (SSSR count). The van der Waals surface area contributed by atoms with Crippen LogP contribution in [0.3, 0.4) is 0 Å². The minimum absolute atomic E-state index is 0.261. The fourth-order valence-corrected chi connectivity index (χ4v) is 3.03. The number of thiophene rings is 1. The summed E-state index contributed by atoms with van der Waals surface area (Å²) in [5.41, 5.74) is 0. The Morgan fingerprint density at radius 1 is 1.32 bits per heavy atom. The van der Waals surface area contributed by atoms with Crippen LogP contribution in [0.25, 0.3) is 0 Å². The smallest absolute Gasteiger partial charge is 0.146 e. The number of nitrogens with zero attached hydrogens (tertiary/aromatic N) is 3. The zero-order chi connectivity index (χ0) is 14.0. The molecular weight excluding hydrogens is 280 g/mol. The fourth-order valence-electron chi connectivity index (χ4n) is 1.94. The van der Waals surface area contributed by atoms with E-state index in [2.05, 4.69) is 46.9 Å². The SMILES string of the molecule is CC(C)c1nnc(CNC(C)c2ccc(Cl)s2)n1C. The van der Waals surface area contributed by atoms with E-state index in [9.17, 15) is 0 Å². The van der Waals surface area contributed by atoms with Crippen LogP contribution in [0.1, 0.15) is 49.3 Å². The predicted octanol–water partition coefficient (Wildman–Crippen LogP) is 3.50. The Balaban J connectivity index is 1.99. The van der Waals surface area contributed by atoms with Gasteiger partial charge in [0.25, 0.3) is 0 Å². The highest BCUT2D eigenvalue weighted by atomic mass is 35.5. The van der Waals surface area contributed by atoms with Crippen LogP contribution in [-0.2, 0) is 13.6 Å². The minimum atomic E-state index is 0.261. The molecule has 0 aliphatic carbocycles. The van der Waals surface area contributed by atoms with Crippen molar-refractivity contribution in [1.29, 1.82) is 0 Å². The van der Waals surface area contributed by atoms with E-state index in [1.54, 1.807) is 11.3 Å². The largest absolute Gasteiger partial charge is 0.317 e. The van der Waals surface area contributed by atoms with Crippen LogP contribution in [0.2, 0.25) is 4.34 Å². The zero-order valence-electron chi connectivity index (χ0n) is 11.6. The van der Waals surface area contributed by atoms with Gasteiger partial charge in [0.05, 0.1) is 10.9 Å². The highest BCUT2D eigenvalue weighted by molar-refractivity contribution is 7.16. The molecule has 0 saturated heterocycles. The molecule has 6 heteroatoms. The molecule has 104 valence electrons. The second-order valence-corrected chi connectivity index (χ2v) is 6.68. The van der Waals surface area contributed by atoms with Crippen molar-refractivity contribution < 1.29 is 0 Å². The summed E-state index contributed by atoms with van der Waals surface area (Å²) in [4.78, 5) is 1.23. The Bertz CT molecular complexity index is 547. The monoisotopic (exact) mass is 298 g/mol. The van der Waals surface area contributed by atoms with E-state index < -0.39 is 0 Å². The Labute approximate surface area is 122 Å². The molecule has 0 amide bonds. The van der Waals surface area contributed by atoms with Crippen LogP contribution in [0.4, 0.5) is 0 Å². The standard InChI is InChI=1S/C13H19ClN4S/c1-8(2)13-17-16-12(18(13)4)7-15-9(3)10-5-6-11(14)19-10/h5-6,8-9,15H,7H2,1-4H3. The maximum absolute atomic E-state index is 5.95. The van der Waals surface area contributed by atoms with Crippen molar-refractivity contribution in [2.45, 2.75) is 39.3 Å². The molecule has 19 heavy (non-hydrogen) atoms. The third-order valence-electron chi connectivity index (χ3n) is 3.10. The van der Waals surface area contributed by atoms with E-state index in [0.29, 0.717) is 12.5 Å². The maximum Gasteiger partial charge on any atom is 0.146 e. The van der Waals surface area contributed by atoms with Gasteiger partial charge in [-0.2, -0.15) is 0 Å². The number of aromatic nitrogens is 3. The van der Waals surface area contributed by atoms with E-state index in [-0.39, 0.29) is 6.04 Å². The summed E-state index contributed by atoms with van der Waals surface area (Å²) in [6, 6.07) is 4.25. The first-order chi connectivity index (χ1) is 8.99. The Kier molecular flexibility index (Phi) is 4.60. The first-order valence-corrected chi connectivity index (χ1v) is 7.55. The van der Waals surface area contributed by atoms with Gasteiger partial charge in [0.15, 0.2) is 0 Å². The number of nitrogens with one attached hydrogen (secondary N) is 1. The van der Waals surface area contributed by atoms with Crippen LogP contribution in [0.15, 0.2) is 12.1 Å². The average molecular weight is 299 g/mol. The third-order valence-corrected chi connectivity index (χ3v) is 4.52. The van der Waals surface area contributed by atoms with Gasteiger partial charge < -0.3 is 9.88 Å². The van der Waals surface area contributed by atoms with Gasteiger partial charge in [-0.05, 0) is 19.1 Å². The van der Waals surface area contributed by atoms with Crippen molar-refractivity contribution >= 4 is 22.9 Å². The summed E-state index contributed by atoms with van der Waals surface area (Å²) in [5.74, 6) is 2.36. The van der Waals surface area contributed by atoms with E-state index >= 15 is 0 Å². The lowest BCUT2D eigenvalue weighted by Crippen LogP contribution is -2.19. The quantitative estimate of drug-likeness (QED) is 0.918. The van der Waals surface area contributed by atoms with Gasteiger partial charge in [0.1, 0.15) is 11.6 Å². The van der Waals surface area contributed by atoms with Crippen LogP contribution in [0.5, 0.6) is 0 Å². The molecule has 2 aromatic rings. The van der Waals surface area contributed by atoms with E-state index in [1.807, 2.05) is 13.1 Å². The summed E-state index contributed by atoms with van der Waals surface area (Å²) in [6.45, 7) is 7.07. The van der Waals surface area contributed by atoms with Gasteiger partial charge in [-0.3, -0.25) is 0 Å². The predicted molar refractivity (Wildman–Crippen MR) is 79.7 cm³/mol. The van der Waals surface area contributed by atoms with Crippen molar-refractivity contribution in [2.24, 2.45) is 7.05 Å². The third kappa shape index (κ3) is 3.35. The molecule has 0 bridgehead atoms. The highest BCUT2D eigenvalue weighted by Gasteiger charge is 2.13. The van der Waals surface area contributed by atoms with Gasteiger partial charge in [-0.25, -0.2) is 0 Å². The molecule has 2 aromatic heterocycles. The molecular formula is C13H19ClN4S. The lowest BCUT2D eigenvalue weighted by atomic mass is 10.2. The Hall–Kier alpha value is -0.910. The molecule has 0 radical (unpaired) electrons. The number of hydrogen-bond donors (Lipinski definition) is 1. The van der Waals surface area contributed by atoms with E-state index in [4.69, 9.17) is 11.6 Å². The second kappa shape index (κ2) is 6.03. The number of halogens is 1. The van der Waals surface area contributed by atoms with E-state index in [0.717, 1.165) is 16.0 Å². The molecule has 0 aliphatic rings. The molecule has 0 spiro atoms. The first kappa shape index (κ1) is 14.5. The van der Waals surface area contributed by atoms with E-state index in [1.165, 1.54) is 4.88 Å². The summed E-state index contributed by atoms with van der Waals surface area (Å²) < 4.78 is 2.88. The highest BCUT2D eigenvalue weighted by Crippen LogP contribution is 2.26. The van der Waals surface area contributed by atoms with Crippen molar-refractivity contribution in [1.82, 2.24) is 20.1 Å². The Morgan fingerprint density at radius 3 is 2.58 bits per heavy atom. The van der Waals surface area contributed by atoms with Gasteiger partial charge in [0, 0.05) is 23.9 Å². The van der Waals surface area contributed by atoms with Crippen LogP contribution in [0, 0.1) is 0 Å². The minimum Gasteiger partial charge on any atom is -0.317 e. The molecule has 1 unspecified atom stereocenters. The average Bonchev–Trinajstić information content (AvgIpc) is 2.93. The molecule has 2 heterocycles. The van der Waals surface area contributed by atoms with Crippen LogP contribution >= 0.6 is 22.9 Å². The zero-order valence-corrected chi connectivity index (χ0v) is 13.2. The summed E-state index contributed by atoms with van der Waals surface area (Å²) in [5, 5.41) is 11.9. The summed E-state index contributed by atoms with van der Waals surface area (Å²) in [7, 11) is 2.01. The summed E-state index contributed by atoms with van der Waals surface area (Å²) in [6.07, 6.45) is 0. The second-order valence-electron chi connectivity index (χ2n) is 4.93. The molecule has 0 saturated carbocycles. The van der Waals surface area contributed by atoms with Crippen molar-refractivity contribution in [2.75, 3.05) is 0 Å². The van der Waals surface area contributed by atoms with Crippen molar-refractivity contribution in [3.63, 3.8) is 0 Å². The molecule has 1 atom stereocenters. The normalized spacial score (nSPS) is 13.2. The number of hydrogen-bond acceptors (Lipinski definition) is 4. The topological polar surface area (TPSA) is 42.7 Å². The summed E-state index contributed by atoms with van der Waals surface area (Å²) >= 11 is 7.55. The molecule has 0 fully saturated rings. The molecule has 0 aliphatic heterocycles. The van der Waals surface area contributed by atoms with Gasteiger partial charge in [-0.1, -0.05) is 25.4 Å². The Morgan fingerprint density at radius 2 is 2.05 bits per heavy atom. The van der Waals surface area contributed by atoms with Gasteiger partial charge >= 0.3 is 0 Å². The van der Waals surface area contributed by atoms with Gasteiger partial charge in [0.2, 0.25) is 0 Å². The number of rotatable bonds is 5. The van der Waals surface area contributed by atoms with Crippen LogP contribution < -0.4 is 5.32 Å². The maximum atomic E-state index is 5.95. The van der Waals surface area contributed by atoms with Gasteiger partial charge in [-0.15, -0.1) is 21.5 Å². The first-order valence-electron chi connectivity index (χ1n) is 6.35. The molecule has 0 aromatic carbocycles. The van der Waals surface area contributed by atoms with Crippen molar-refractivity contribution in [3.05, 3.63) is 33.0 Å². The van der Waals surface area contributed by atoms with Crippen LogP contribution in [-0.4, -0.2) is 14.8 Å². The van der Waals surface area contributed by atoms with Crippen molar-refractivity contribution in [3.8, 4) is 0 Å².